The van der Waals surface area contributed by atoms with Crippen LogP contribution in [0.5, 0.6) is 11.5 Å². The lowest BCUT2D eigenvalue weighted by molar-refractivity contribution is 0.0950. The highest BCUT2D eigenvalue weighted by molar-refractivity contribution is 5.94. The lowest BCUT2D eigenvalue weighted by Gasteiger charge is -2.15. The Morgan fingerprint density at radius 1 is 1.08 bits per heavy atom. The number of carbonyl (C=O) groups is 1. The lowest BCUT2D eigenvalue weighted by Crippen LogP contribution is -2.31. The normalized spacial score (nSPS) is 11.7. The molecule has 0 saturated carbocycles. The number of carbonyl (C=O) groups excluding carboxylic acids is 1. The summed E-state index contributed by atoms with van der Waals surface area (Å²) in [5.74, 6) is 1.07. The molecule has 0 heterocycles. The van der Waals surface area contributed by atoms with Crippen LogP contribution in [0.4, 0.5) is 0 Å². The molecule has 26 heavy (non-hydrogen) atoms. The first kappa shape index (κ1) is 19.8. The van der Waals surface area contributed by atoms with Gasteiger partial charge >= 0.3 is 0 Å². The number of benzene rings is 2. The van der Waals surface area contributed by atoms with E-state index in [1.807, 2.05) is 37.3 Å². The monoisotopic (exact) mass is 356 g/mol. The molecule has 0 bridgehead atoms. The van der Waals surface area contributed by atoms with Crippen LogP contribution in [0.2, 0.25) is 0 Å². The first-order valence-corrected chi connectivity index (χ1v) is 9.14. The predicted molar refractivity (Wildman–Crippen MR) is 104 cm³/mol. The lowest BCUT2D eigenvalue weighted by atomic mass is 10.1. The Labute approximate surface area is 155 Å². The van der Waals surface area contributed by atoms with Crippen LogP contribution in [0.1, 0.15) is 48.7 Å². The number of hydrogen-bond acceptors (Lipinski definition) is 4. The highest BCUT2D eigenvalue weighted by Gasteiger charge is 2.13. The molecule has 2 aromatic carbocycles. The van der Waals surface area contributed by atoms with Gasteiger partial charge in [-0.15, -0.1) is 0 Å². The van der Waals surface area contributed by atoms with Gasteiger partial charge in [0.1, 0.15) is 0 Å². The molecular formula is C21H28N2O3. The van der Waals surface area contributed by atoms with Crippen LogP contribution in [-0.4, -0.2) is 25.7 Å². The minimum absolute atomic E-state index is 0.183. The summed E-state index contributed by atoms with van der Waals surface area (Å²) in [6, 6.07) is 14.7. The van der Waals surface area contributed by atoms with Crippen LogP contribution >= 0.6 is 0 Å². The molecule has 5 heteroatoms. The van der Waals surface area contributed by atoms with E-state index in [1.165, 1.54) is 0 Å². The third kappa shape index (κ3) is 5.77. The molecule has 0 fully saturated rings. The van der Waals surface area contributed by atoms with Gasteiger partial charge in [-0.25, -0.2) is 0 Å². The van der Waals surface area contributed by atoms with Crippen molar-refractivity contribution < 1.29 is 14.3 Å². The van der Waals surface area contributed by atoms with Crippen molar-refractivity contribution in [2.75, 3.05) is 19.8 Å². The zero-order chi connectivity index (χ0) is 18.8. The summed E-state index contributed by atoms with van der Waals surface area (Å²) in [4.78, 5) is 12.4. The standard InChI is InChI=1S/C21H28N2O3/c1-3-5-13-26-19-12-11-17(14-20(19)25-4-2)21(24)23-15-18(22)16-9-7-6-8-10-16/h6-12,14,18H,3-5,13,15,22H2,1-2H3,(H,23,24). The summed E-state index contributed by atoms with van der Waals surface area (Å²) in [5.41, 5.74) is 7.64. The highest BCUT2D eigenvalue weighted by atomic mass is 16.5. The molecule has 0 aliphatic heterocycles. The number of hydrogen-bond donors (Lipinski definition) is 2. The van der Waals surface area contributed by atoms with E-state index in [2.05, 4.69) is 12.2 Å². The van der Waals surface area contributed by atoms with Gasteiger partial charge in [-0.2, -0.15) is 0 Å². The molecule has 1 atom stereocenters. The first-order chi connectivity index (χ1) is 12.7. The Kier molecular flexibility index (Phi) is 7.96. The molecule has 0 aromatic heterocycles. The summed E-state index contributed by atoms with van der Waals surface area (Å²) >= 11 is 0. The van der Waals surface area contributed by atoms with Crippen molar-refractivity contribution in [3.05, 3.63) is 59.7 Å². The number of nitrogens with two attached hydrogens (primary N) is 1. The Morgan fingerprint density at radius 2 is 1.85 bits per heavy atom. The summed E-state index contributed by atoms with van der Waals surface area (Å²) < 4.78 is 11.4. The molecule has 0 radical (unpaired) electrons. The molecule has 140 valence electrons. The van der Waals surface area contributed by atoms with Gasteiger partial charge in [0.2, 0.25) is 0 Å². The molecule has 3 N–H and O–H groups in total. The van der Waals surface area contributed by atoms with Crippen molar-refractivity contribution in [3.8, 4) is 11.5 Å². The van der Waals surface area contributed by atoms with E-state index < -0.39 is 0 Å². The zero-order valence-electron chi connectivity index (χ0n) is 15.5. The number of rotatable bonds is 10. The fourth-order valence-electron chi connectivity index (χ4n) is 2.49. The van der Waals surface area contributed by atoms with E-state index in [1.54, 1.807) is 18.2 Å². The van der Waals surface area contributed by atoms with Crippen LogP contribution in [0, 0.1) is 0 Å². The molecule has 2 rings (SSSR count). The van der Waals surface area contributed by atoms with Gasteiger partial charge in [0.15, 0.2) is 11.5 Å². The maximum absolute atomic E-state index is 12.4. The minimum Gasteiger partial charge on any atom is -0.490 e. The predicted octanol–water partition coefficient (Wildman–Crippen LogP) is 3.69. The Bertz CT molecular complexity index is 689. The number of unbranched alkanes of at least 4 members (excludes halogenated alkanes) is 1. The SMILES string of the molecule is CCCCOc1ccc(C(=O)NCC(N)c2ccccc2)cc1OCC. The summed E-state index contributed by atoms with van der Waals surface area (Å²) in [6.45, 7) is 5.52. The second-order valence-electron chi connectivity index (χ2n) is 6.02. The first-order valence-electron chi connectivity index (χ1n) is 9.14. The van der Waals surface area contributed by atoms with Crippen molar-refractivity contribution in [1.29, 1.82) is 0 Å². The maximum Gasteiger partial charge on any atom is 0.251 e. The van der Waals surface area contributed by atoms with E-state index in [9.17, 15) is 4.79 Å². The second-order valence-corrected chi connectivity index (χ2v) is 6.02. The Morgan fingerprint density at radius 3 is 2.54 bits per heavy atom. The van der Waals surface area contributed by atoms with Crippen molar-refractivity contribution in [1.82, 2.24) is 5.32 Å². The minimum atomic E-state index is -0.247. The third-order valence-corrected chi connectivity index (χ3v) is 3.97. The van der Waals surface area contributed by atoms with Crippen LogP contribution in [0.15, 0.2) is 48.5 Å². The number of amides is 1. The van der Waals surface area contributed by atoms with Gasteiger partial charge in [0.05, 0.1) is 13.2 Å². The van der Waals surface area contributed by atoms with Crippen molar-refractivity contribution in [2.24, 2.45) is 5.73 Å². The van der Waals surface area contributed by atoms with Crippen LogP contribution in [0.25, 0.3) is 0 Å². The molecular weight excluding hydrogens is 328 g/mol. The largest absolute Gasteiger partial charge is 0.490 e. The average Bonchev–Trinajstić information content (AvgIpc) is 2.68. The maximum atomic E-state index is 12.4. The molecule has 0 saturated heterocycles. The Hall–Kier alpha value is -2.53. The van der Waals surface area contributed by atoms with Gasteiger partial charge < -0.3 is 20.5 Å². The van der Waals surface area contributed by atoms with E-state index >= 15 is 0 Å². The average molecular weight is 356 g/mol. The quantitative estimate of drug-likeness (QED) is 0.637. The summed E-state index contributed by atoms with van der Waals surface area (Å²) in [5, 5.41) is 2.88. The topological polar surface area (TPSA) is 73.6 Å². The van der Waals surface area contributed by atoms with Crippen molar-refractivity contribution in [2.45, 2.75) is 32.7 Å². The van der Waals surface area contributed by atoms with Crippen molar-refractivity contribution in [3.63, 3.8) is 0 Å². The van der Waals surface area contributed by atoms with Crippen LogP contribution < -0.4 is 20.5 Å². The molecule has 0 spiro atoms. The molecule has 0 aliphatic rings. The van der Waals surface area contributed by atoms with Gasteiger partial charge in [-0.1, -0.05) is 43.7 Å². The van der Waals surface area contributed by atoms with Gasteiger partial charge in [-0.3, -0.25) is 4.79 Å². The third-order valence-electron chi connectivity index (χ3n) is 3.97. The summed E-state index contributed by atoms with van der Waals surface area (Å²) in [6.07, 6.45) is 2.04. The van der Waals surface area contributed by atoms with Gasteiger partial charge in [0, 0.05) is 18.2 Å². The zero-order valence-corrected chi connectivity index (χ0v) is 15.5. The fourth-order valence-corrected chi connectivity index (χ4v) is 2.49. The van der Waals surface area contributed by atoms with E-state index in [-0.39, 0.29) is 11.9 Å². The summed E-state index contributed by atoms with van der Waals surface area (Å²) in [7, 11) is 0. The molecule has 1 unspecified atom stereocenters. The highest BCUT2D eigenvalue weighted by Crippen LogP contribution is 2.28. The molecule has 0 aliphatic carbocycles. The van der Waals surface area contributed by atoms with E-state index in [0.717, 1.165) is 18.4 Å². The fraction of sp³-hybridized carbons (Fsp3) is 0.381. The smallest absolute Gasteiger partial charge is 0.251 e. The second kappa shape index (κ2) is 10.5. The van der Waals surface area contributed by atoms with E-state index in [4.69, 9.17) is 15.2 Å². The van der Waals surface area contributed by atoms with Gasteiger partial charge in [0.25, 0.3) is 5.91 Å². The molecule has 2 aromatic rings. The van der Waals surface area contributed by atoms with Crippen LogP contribution in [0.3, 0.4) is 0 Å². The molecule has 1 amide bonds. The van der Waals surface area contributed by atoms with Crippen LogP contribution in [-0.2, 0) is 0 Å². The van der Waals surface area contributed by atoms with Gasteiger partial charge in [-0.05, 0) is 37.1 Å². The number of ether oxygens (including phenoxy) is 2. The Balaban J connectivity index is 2.00. The number of nitrogens with one attached hydrogen (secondary N) is 1. The molecule has 5 nitrogen and oxygen atoms in total. The van der Waals surface area contributed by atoms with Crippen molar-refractivity contribution >= 4 is 5.91 Å². The van der Waals surface area contributed by atoms with E-state index in [0.29, 0.717) is 36.8 Å².